The highest BCUT2D eigenvalue weighted by atomic mass is 16.4. The summed E-state index contributed by atoms with van der Waals surface area (Å²) in [6.45, 7) is -4.11. The average molecular weight is 288 g/mol. The highest BCUT2D eigenvalue weighted by Gasteiger charge is 1.96. The van der Waals surface area contributed by atoms with Crippen LogP contribution >= 0.6 is 0 Å². The summed E-state index contributed by atoms with van der Waals surface area (Å²) in [5, 5.41) is 9.04. The van der Waals surface area contributed by atoms with Gasteiger partial charge in [0, 0.05) is 48.9 Å². The maximum absolute atomic E-state index is 11.3. The summed E-state index contributed by atoms with van der Waals surface area (Å²) < 4.78 is 243. The van der Waals surface area contributed by atoms with Crippen LogP contribution in [0.1, 0.15) is 139 Å². The number of carboxylic acids is 1. The lowest BCUT2D eigenvalue weighted by Crippen LogP contribution is -1.93. The summed E-state index contributed by atoms with van der Waals surface area (Å²) in [6.07, 6.45) is -68.3. The van der Waals surface area contributed by atoms with Crippen LogP contribution in [0.5, 0.6) is 0 Å². The van der Waals surface area contributed by atoms with E-state index in [1.807, 2.05) is 0 Å². The Morgan fingerprint density at radius 3 is 1.61 bits per heavy atom. The SMILES string of the molecule is [2H]C([2H])([2H])C([2H])([2H])C([2H])([2H])C([2H])([2H])C([2H])([2H])C([2H])([2H])C([2H])([2H])C([2H])([2H])C([2H])([2H])C([2H])([2H])C([2H])([2H])C([2H])([2H])C([2H])([2H])C([2H])([2H])C([2H])([2H])C(=O)O. The van der Waals surface area contributed by atoms with Crippen LogP contribution in [-0.4, -0.2) is 11.1 Å². The Kier molecular flexibility index (Phi) is 1.70. The van der Waals surface area contributed by atoms with E-state index in [-0.39, 0.29) is 0 Å². The first kappa shape index (κ1) is 2.10. The minimum atomic E-state index is -5.13. The molecule has 1 N–H and O–H groups in total. The van der Waals surface area contributed by atoms with Gasteiger partial charge in [0.15, 0.2) is 0 Å². The second kappa shape index (κ2) is 14.5. The van der Waals surface area contributed by atoms with Gasteiger partial charge in [0.25, 0.3) is 0 Å². The minimum Gasteiger partial charge on any atom is -0.481 e. The van der Waals surface area contributed by atoms with E-state index < -0.39 is 102 Å². The molecular weight excluding hydrogens is 224 g/mol. The van der Waals surface area contributed by atoms with Gasteiger partial charge in [-0.3, -0.25) is 4.79 Å². The molecule has 0 rings (SSSR count). The topological polar surface area (TPSA) is 37.3 Å². The van der Waals surface area contributed by atoms with Gasteiger partial charge in [-0.05, 0) is 6.37 Å². The van der Waals surface area contributed by atoms with Gasteiger partial charge in [0.05, 0.1) is 0 Å². The molecule has 0 amide bonds. The largest absolute Gasteiger partial charge is 0.481 e. The Balaban J connectivity index is 7.68. The van der Waals surface area contributed by atoms with Gasteiger partial charge in [-0.1, -0.05) is 83.3 Å². The Morgan fingerprint density at radius 2 is 1.22 bits per heavy atom. The van der Waals surface area contributed by atoms with E-state index in [2.05, 4.69) is 0 Å². The summed E-state index contributed by atoms with van der Waals surface area (Å²) in [6, 6.07) is 0. The molecule has 0 atom stereocenters. The molecule has 0 heterocycles. The van der Waals surface area contributed by atoms with Gasteiger partial charge in [-0.25, -0.2) is 0 Å². The summed E-state index contributed by atoms with van der Waals surface area (Å²) >= 11 is 0. The molecule has 0 aromatic rings. The Hall–Kier alpha value is -0.530. The van der Waals surface area contributed by atoms with Gasteiger partial charge in [0.2, 0.25) is 0 Å². The first-order chi connectivity index (χ1) is 20.4. The normalized spacial score (nSPS) is 48.1. The fourth-order valence-electron chi connectivity index (χ4n) is 0.428. The van der Waals surface area contributed by atoms with Gasteiger partial charge in [-0.2, -0.15) is 0 Å². The molecule has 18 heavy (non-hydrogen) atoms. The van der Waals surface area contributed by atoms with Crippen LogP contribution in [0.25, 0.3) is 0 Å². The first-order valence-corrected chi connectivity index (χ1v) is 4.18. The highest BCUT2D eigenvalue weighted by molar-refractivity contribution is 5.66. The molecule has 0 aliphatic rings. The number of hydrogen-bond donors (Lipinski definition) is 1. The monoisotopic (exact) mass is 287 g/mol. The zero-order valence-electron chi connectivity index (χ0n) is 39.9. The molecule has 0 spiro atoms. The molecule has 0 unspecified atom stereocenters. The van der Waals surface area contributed by atoms with Crippen LogP contribution in [0.4, 0.5) is 0 Å². The van der Waals surface area contributed by atoms with Crippen molar-refractivity contribution in [2.24, 2.45) is 0 Å². The standard InChI is InChI=1S/C16H32O2/c1-2-3-4-5-6-7-8-9-10-11-12-13-14-15-16(17)18/h2-15H2,1H3,(H,17,18)/i1D3,2D2,3D2,4D2,5D2,6D2,7D2,8D2,9D2,10D2,11D2,12D2,13D2,14D2,15D2. The van der Waals surface area contributed by atoms with Crippen molar-refractivity contribution in [3.05, 3.63) is 0 Å². The smallest absolute Gasteiger partial charge is 0.303 e. The van der Waals surface area contributed by atoms with Crippen molar-refractivity contribution in [1.29, 1.82) is 0 Å². The van der Waals surface area contributed by atoms with E-state index in [4.69, 9.17) is 47.6 Å². The van der Waals surface area contributed by atoms with Crippen LogP contribution in [0, 0.1) is 0 Å². The zero-order valence-corrected chi connectivity index (χ0v) is 8.86. The number of aliphatic carboxylic acids is 1. The lowest BCUT2D eigenvalue weighted by atomic mass is 10.0. The van der Waals surface area contributed by atoms with Crippen molar-refractivity contribution in [3.63, 3.8) is 0 Å². The van der Waals surface area contributed by atoms with Gasteiger partial charge in [-0.15, -0.1) is 0 Å². The number of carboxylic acid groups (broad SMARTS) is 1. The van der Waals surface area contributed by atoms with Gasteiger partial charge >= 0.3 is 5.97 Å². The van der Waals surface area contributed by atoms with Crippen LogP contribution in [-0.2, 0) is 4.79 Å². The molecule has 0 fully saturated rings. The maximum atomic E-state index is 11.3. The van der Waals surface area contributed by atoms with E-state index in [9.17, 15) is 4.79 Å². The Bertz CT molecular complexity index is 1250. The number of hydrogen-bond acceptors (Lipinski definition) is 1. The quantitative estimate of drug-likeness (QED) is 0.454. The molecule has 108 valence electrons. The van der Waals surface area contributed by atoms with Crippen molar-refractivity contribution < 1.29 is 52.4 Å². The lowest BCUT2D eigenvalue weighted by molar-refractivity contribution is -0.137. The minimum absolute atomic E-state index is 2.77. The lowest BCUT2D eigenvalue weighted by Gasteiger charge is -2.02. The summed E-state index contributed by atoms with van der Waals surface area (Å²) in [5.41, 5.74) is 0. The van der Waals surface area contributed by atoms with Crippen LogP contribution in [0.2, 0.25) is 0 Å². The predicted molar refractivity (Wildman–Crippen MR) is 77.9 cm³/mol. The third kappa shape index (κ3) is 15.5. The summed E-state index contributed by atoms with van der Waals surface area (Å²) in [4.78, 5) is 11.3. The Labute approximate surface area is 157 Å². The molecule has 0 aliphatic heterocycles. The van der Waals surface area contributed by atoms with E-state index >= 15 is 0 Å². The van der Waals surface area contributed by atoms with Gasteiger partial charge in [0.1, 0.15) is 0 Å². The molecule has 0 aliphatic carbocycles. The second-order valence-electron chi connectivity index (χ2n) is 2.06. The van der Waals surface area contributed by atoms with Crippen molar-refractivity contribution in [3.8, 4) is 0 Å². The highest BCUT2D eigenvalue weighted by Crippen LogP contribution is 2.12. The van der Waals surface area contributed by atoms with Gasteiger partial charge < -0.3 is 5.11 Å². The second-order valence-corrected chi connectivity index (χ2v) is 2.06. The van der Waals surface area contributed by atoms with Crippen molar-refractivity contribution in [2.45, 2.75) is 96.1 Å². The van der Waals surface area contributed by atoms with E-state index in [1.165, 1.54) is 0 Å². The van der Waals surface area contributed by atoms with Crippen molar-refractivity contribution in [1.82, 2.24) is 0 Å². The fraction of sp³-hybridized carbons (Fsp3) is 0.938. The Morgan fingerprint density at radius 1 is 0.833 bits per heavy atom. The molecule has 0 aromatic carbocycles. The molecule has 0 saturated heterocycles. The number of rotatable bonds is 14. The number of carbonyl (C=O) groups is 1. The van der Waals surface area contributed by atoms with E-state index in [0.29, 0.717) is 0 Å². The molecule has 0 saturated carbocycles. The summed E-state index contributed by atoms with van der Waals surface area (Å²) in [7, 11) is 0. The molecule has 0 radical (unpaired) electrons. The van der Waals surface area contributed by atoms with Crippen LogP contribution in [0.3, 0.4) is 0 Å². The molecular formula is C16H32O2. The van der Waals surface area contributed by atoms with Crippen LogP contribution < -0.4 is 0 Å². The van der Waals surface area contributed by atoms with E-state index in [0.717, 1.165) is 0 Å². The van der Waals surface area contributed by atoms with Crippen molar-refractivity contribution >= 4 is 5.97 Å². The molecule has 2 nitrogen and oxygen atoms in total. The molecule has 2 heteroatoms. The first-order valence-electron chi connectivity index (χ1n) is 19.7. The fourth-order valence-corrected chi connectivity index (χ4v) is 0.428. The van der Waals surface area contributed by atoms with E-state index in [1.54, 1.807) is 0 Å². The van der Waals surface area contributed by atoms with Crippen molar-refractivity contribution in [2.75, 3.05) is 0 Å². The van der Waals surface area contributed by atoms with Crippen LogP contribution in [0.15, 0.2) is 0 Å². The summed E-state index contributed by atoms with van der Waals surface area (Å²) in [5.74, 6) is -2.77. The zero-order chi connectivity index (χ0) is 41.1. The third-order valence-corrected chi connectivity index (χ3v) is 0.919. The molecule has 0 bridgehead atoms. The third-order valence-electron chi connectivity index (χ3n) is 0.919. The molecule has 0 aromatic heterocycles. The average Bonchev–Trinajstić information content (AvgIpc) is 2.86. The predicted octanol–water partition coefficient (Wildman–Crippen LogP) is 5.55. The maximum Gasteiger partial charge on any atom is 0.303 e.